The molecule has 1 saturated heterocycles. The van der Waals surface area contributed by atoms with Gasteiger partial charge in [0.25, 0.3) is 0 Å². The number of pyridine rings is 1. The van der Waals surface area contributed by atoms with Gasteiger partial charge in [-0.05, 0) is 45.0 Å². The highest BCUT2D eigenvalue weighted by Gasteiger charge is 2.21. The molecular weight excluding hydrogens is 268 g/mol. The van der Waals surface area contributed by atoms with Crippen molar-refractivity contribution in [3.63, 3.8) is 0 Å². The van der Waals surface area contributed by atoms with Crippen LogP contribution in [0.1, 0.15) is 31.4 Å². The maximum atomic E-state index is 10.0. The summed E-state index contributed by atoms with van der Waals surface area (Å²) in [6.07, 6.45) is 7.19. The summed E-state index contributed by atoms with van der Waals surface area (Å²) in [7, 11) is 2.19. The number of nitrogens with zero attached hydrogens (tertiary/aromatic N) is 2. The van der Waals surface area contributed by atoms with Crippen molar-refractivity contribution in [3.05, 3.63) is 42.7 Å². The first kappa shape index (κ1) is 17.3. The Balaban J connectivity index is 0.000000222. The zero-order chi connectivity index (χ0) is 15.7. The van der Waals surface area contributed by atoms with Crippen LogP contribution in [0.4, 0.5) is 0 Å². The second-order valence-corrected chi connectivity index (χ2v) is 5.03. The van der Waals surface area contributed by atoms with Crippen LogP contribution in [0.2, 0.25) is 0 Å². The second-order valence-electron chi connectivity index (χ2n) is 5.03. The average molecular weight is 292 g/mol. The van der Waals surface area contributed by atoms with E-state index in [4.69, 9.17) is 9.84 Å². The van der Waals surface area contributed by atoms with Crippen molar-refractivity contribution < 1.29 is 14.6 Å². The molecule has 2 atom stereocenters. The van der Waals surface area contributed by atoms with Crippen LogP contribution in [0, 0.1) is 0 Å². The summed E-state index contributed by atoms with van der Waals surface area (Å²) in [6, 6.07) is 4.79. The van der Waals surface area contributed by atoms with Crippen molar-refractivity contribution >= 4 is 5.97 Å². The molecule has 2 unspecified atom stereocenters. The van der Waals surface area contributed by atoms with Gasteiger partial charge in [0, 0.05) is 18.4 Å². The lowest BCUT2D eigenvalue weighted by Gasteiger charge is -2.18. The fourth-order valence-corrected chi connectivity index (χ4v) is 2.19. The Morgan fingerprint density at radius 2 is 2.48 bits per heavy atom. The molecule has 116 valence electrons. The van der Waals surface area contributed by atoms with Crippen LogP contribution in [0.3, 0.4) is 0 Å². The summed E-state index contributed by atoms with van der Waals surface area (Å²) in [5.41, 5.74) is 1.36. The van der Waals surface area contributed by atoms with E-state index in [1.54, 1.807) is 0 Å². The van der Waals surface area contributed by atoms with Gasteiger partial charge in [-0.1, -0.05) is 12.1 Å². The van der Waals surface area contributed by atoms with E-state index in [0.717, 1.165) is 0 Å². The van der Waals surface area contributed by atoms with Crippen molar-refractivity contribution in [1.82, 2.24) is 9.88 Å². The minimum Gasteiger partial charge on any atom is -0.479 e. The summed E-state index contributed by atoms with van der Waals surface area (Å²) >= 11 is 0. The zero-order valence-electron chi connectivity index (χ0n) is 12.7. The molecule has 2 rings (SSSR count). The molecule has 0 bridgehead atoms. The highest BCUT2D eigenvalue weighted by molar-refractivity contribution is 5.71. The Morgan fingerprint density at radius 3 is 2.95 bits per heavy atom. The number of ether oxygens (including phenoxy) is 1. The van der Waals surface area contributed by atoms with E-state index in [-0.39, 0.29) is 6.61 Å². The van der Waals surface area contributed by atoms with Gasteiger partial charge in [-0.15, -0.1) is 6.58 Å². The molecule has 1 fully saturated rings. The Morgan fingerprint density at radius 1 is 1.71 bits per heavy atom. The first-order chi connectivity index (χ1) is 10.1. The maximum Gasteiger partial charge on any atom is 0.332 e. The van der Waals surface area contributed by atoms with Crippen LogP contribution < -0.4 is 0 Å². The minimum atomic E-state index is -0.947. The average Bonchev–Trinajstić information content (AvgIpc) is 2.92. The lowest BCUT2D eigenvalue weighted by Crippen LogP contribution is -2.19. The third kappa shape index (κ3) is 6.06. The Hall–Kier alpha value is -1.72. The number of hydrogen-bond acceptors (Lipinski definition) is 4. The molecule has 21 heavy (non-hydrogen) atoms. The first-order valence-electron chi connectivity index (χ1n) is 7.11. The molecule has 0 aliphatic carbocycles. The molecule has 0 saturated carbocycles. The van der Waals surface area contributed by atoms with Crippen molar-refractivity contribution in [1.29, 1.82) is 0 Å². The third-order valence-electron chi connectivity index (χ3n) is 3.40. The molecule has 0 spiro atoms. The van der Waals surface area contributed by atoms with Crippen molar-refractivity contribution in [2.75, 3.05) is 20.2 Å². The number of likely N-dealkylation sites (tertiary alicyclic amines) is 1. The molecule has 1 N–H and O–H groups in total. The molecule has 0 radical (unpaired) electrons. The first-order valence-corrected chi connectivity index (χ1v) is 7.11. The van der Waals surface area contributed by atoms with E-state index in [9.17, 15) is 4.79 Å². The maximum absolute atomic E-state index is 10.0. The molecule has 1 aromatic heterocycles. The molecule has 1 aromatic rings. The lowest BCUT2D eigenvalue weighted by molar-refractivity contribution is -0.148. The predicted molar refractivity (Wildman–Crippen MR) is 82.1 cm³/mol. The van der Waals surface area contributed by atoms with Gasteiger partial charge in [0.1, 0.15) is 0 Å². The van der Waals surface area contributed by atoms with E-state index in [1.165, 1.54) is 37.9 Å². The molecule has 1 aliphatic heterocycles. The quantitative estimate of drug-likeness (QED) is 0.845. The third-order valence-corrected chi connectivity index (χ3v) is 3.40. The van der Waals surface area contributed by atoms with Crippen LogP contribution in [0.15, 0.2) is 37.2 Å². The molecule has 5 heteroatoms. The van der Waals surface area contributed by atoms with E-state index in [0.29, 0.717) is 6.04 Å². The fourth-order valence-electron chi connectivity index (χ4n) is 2.19. The molecular formula is C16H24N2O3. The van der Waals surface area contributed by atoms with Crippen LogP contribution in [0.5, 0.6) is 0 Å². The topological polar surface area (TPSA) is 62.7 Å². The minimum absolute atomic E-state index is 0.285. The second kappa shape index (κ2) is 9.26. The van der Waals surface area contributed by atoms with Gasteiger partial charge >= 0.3 is 5.97 Å². The number of aromatic nitrogens is 1. The van der Waals surface area contributed by atoms with Crippen LogP contribution in [-0.2, 0) is 9.53 Å². The Kier molecular flexibility index (Phi) is 7.64. The van der Waals surface area contributed by atoms with Gasteiger partial charge in [0.2, 0.25) is 0 Å². The molecule has 1 aliphatic rings. The van der Waals surface area contributed by atoms with E-state index < -0.39 is 12.1 Å². The fraction of sp³-hybridized carbons (Fsp3) is 0.500. The summed E-state index contributed by atoms with van der Waals surface area (Å²) in [5, 5.41) is 8.25. The molecule has 2 heterocycles. The highest BCUT2D eigenvalue weighted by Crippen LogP contribution is 2.29. The number of rotatable bonds is 5. The number of carboxylic acid groups (broad SMARTS) is 1. The van der Waals surface area contributed by atoms with Gasteiger partial charge in [0.05, 0.1) is 6.61 Å². The normalized spacial score (nSPS) is 19.4. The highest BCUT2D eigenvalue weighted by atomic mass is 16.5. The summed E-state index contributed by atoms with van der Waals surface area (Å²) in [6.45, 7) is 6.36. The van der Waals surface area contributed by atoms with Crippen LogP contribution in [0.25, 0.3) is 0 Å². The predicted octanol–water partition coefficient (Wildman–Crippen LogP) is 2.51. The van der Waals surface area contributed by atoms with Gasteiger partial charge in [-0.3, -0.25) is 9.88 Å². The smallest absolute Gasteiger partial charge is 0.332 e. The zero-order valence-corrected chi connectivity index (χ0v) is 12.7. The molecule has 0 amide bonds. The van der Waals surface area contributed by atoms with E-state index in [2.05, 4.69) is 29.6 Å². The number of hydrogen-bond donors (Lipinski definition) is 1. The summed E-state index contributed by atoms with van der Waals surface area (Å²) in [4.78, 5) is 16.6. The van der Waals surface area contributed by atoms with Crippen molar-refractivity contribution in [2.24, 2.45) is 0 Å². The number of aliphatic carboxylic acids is 1. The number of carboxylic acids is 1. The van der Waals surface area contributed by atoms with E-state index >= 15 is 0 Å². The largest absolute Gasteiger partial charge is 0.479 e. The standard InChI is InChI=1S/C10H14N2.C6H10O3/c1-12-7-3-5-10(12)9-4-2-6-11-8-9;1-3-4-9-5(2)6(7)8/h2,4,6,8,10H,3,5,7H2,1H3;3,5H,1,4H2,2H3,(H,7,8). The van der Waals surface area contributed by atoms with Gasteiger partial charge in [0.15, 0.2) is 6.10 Å². The molecule has 5 nitrogen and oxygen atoms in total. The SMILES string of the molecule is C=CCOC(C)C(=O)O.CN1CCCC1c1cccnc1. The van der Waals surface area contributed by atoms with Gasteiger partial charge in [-0.25, -0.2) is 4.79 Å². The van der Waals surface area contributed by atoms with E-state index in [1.807, 2.05) is 18.5 Å². The van der Waals surface area contributed by atoms with Crippen LogP contribution in [-0.4, -0.2) is 47.3 Å². The van der Waals surface area contributed by atoms with Crippen molar-refractivity contribution in [3.8, 4) is 0 Å². The summed E-state index contributed by atoms with van der Waals surface area (Å²) in [5.74, 6) is -0.947. The monoisotopic (exact) mass is 292 g/mol. The Bertz CT molecular complexity index is 436. The molecule has 0 aromatic carbocycles. The summed E-state index contributed by atoms with van der Waals surface area (Å²) < 4.78 is 4.73. The lowest BCUT2D eigenvalue weighted by atomic mass is 10.1. The number of carbonyl (C=O) groups is 1. The van der Waals surface area contributed by atoms with Crippen molar-refractivity contribution in [2.45, 2.75) is 31.9 Å². The van der Waals surface area contributed by atoms with Gasteiger partial charge < -0.3 is 9.84 Å². The van der Waals surface area contributed by atoms with Crippen LogP contribution >= 0.6 is 0 Å². The Labute approximate surface area is 126 Å². The van der Waals surface area contributed by atoms with Gasteiger partial charge in [-0.2, -0.15) is 0 Å².